The maximum atomic E-state index is 3.48. The average Bonchev–Trinajstić information content (AvgIpc) is 2.01. The molecule has 0 spiro atoms. The van der Waals surface area contributed by atoms with Gasteiger partial charge in [-0.05, 0) is 37.1 Å². The minimum Gasteiger partial charge on any atom is -0.388 e. The lowest BCUT2D eigenvalue weighted by molar-refractivity contribution is 1.30. The number of anilines is 1. The summed E-state index contributed by atoms with van der Waals surface area (Å²) in [6, 6.07) is 4.14. The summed E-state index contributed by atoms with van der Waals surface area (Å²) in [4.78, 5) is 0. The van der Waals surface area contributed by atoms with Crippen LogP contribution in [0.5, 0.6) is 0 Å². The minimum absolute atomic E-state index is 1.18. The molecule has 0 aliphatic rings. The molecule has 0 saturated heterocycles. The van der Waals surface area contributed by atoms with Crippen LogP contribution in [0.25, 0.3) is 0 Å². The van der Waals surface area contributed by atoms with Crippen molar-refractivity contribution in [3.8, 4) is 0 Å². The van der Waals surface area contributed by atoms with Crippen molar-refractivity contribution < 1.29 is 0 Å². The first-order valence-electron chi connectivity index (χ1n) is 3.60. The van der Waals surface area contributed by atoms with Gasteiger partial charge in [-0.3, -0.25) is 0 Å². The summed E-state index contributed by atoms with van der Waals surface area (Å²) in [5, 5.41) is 3.14. The van der Waals surface area contributed by atoms with Crippen molar-refractivity contribution in [2.75, 3.05) is 12.4 Å². The number of nitrogens with one attached hydrogen (secondary N) is 1. The highest BCUT2D eigenvalue weighted by Crippen LogP contribution is 2.25. The second-order valence-electron chi connectivity index (χ2n) is 2.59. The van der Waals surface area contributed by atoms with Crippen LogP contribution in [0.1, 0.15) is 11.1 Å². The van der Waals surface area contributed by atoms with E-state index >= 15 is 0 Å². The third-order valence-electron chi connectivity index (χ3n) is 1.99. The van der Waals surface area contributed by atoms with Gasteiger partial charge in [-0.2, -0.15) is 0 Å². The molecule has 0 atom stereocenters. The van der Waals surface area contributed by atoms with E-state index in [0.717, 1.165) is 0 Å². The monoisotopic (exact) mass is 213 g/mol. The molecule has 0 unspecified atom stereocenters. The smallest absolute Gasteiger partial charge is 0.0370 e. The summed E-state index contributed by atoms with van der Waals surface area (Å²) in [6.07, 6.45) is 0. The third kappa shape index (κ3) is 1.56. The van der Waals surface area contributed by atoms with Crippen molar-refractivity contribution in [3.05, 3.63) is 27.7 Å². The maximum absolute atomic E-state index is 3.48. The standard InChI is InChI=1S/C9H12BrN/c1-6-7(2)9(11-3)5-4-8(6)10/h4-5,11H,1-3H3. The van der Waals surface area contributed by atoms with Gasteiger partial charge in [0.2, 0.25) is 0 Å². The normalized spacial score (nSPS) is 9.82. The van der Waals surface area contributed by atoms with Crippen LogP contribution < -0.4 is 5.32 Å². The van der Waals surface area contributed by atoms with Gasteiger partial charge in [0.1, 0.15) is 0 Å². The molecule has 0 amide bonds. The van der Waals surface area contributed by atoms with Gasteiger partial charge in [0.25, 0.3) is 0 Å². The zero-order valence-electron chi connectivity index (χ0n) is 7.03. The molecule has 0 heterocycles. The highest BCUT2D eigenvalue weighted by atomic mass is 79.9. The van der Waals surface area contributed by atoms with E-state index in [2.05, 4.69) is 47.2 Å². The highest BCUT2D eigenvalue weighted by Gasteiger charge is 2.01. The number of benzene rings is 1. The molecule has 60 valence electrons. The lowest BCUT2D eigenvalue weighted by Crippen LogP contribution is -1.93. The minimum atomic E-state index is 1.18. The van der Waals surface area contributed by atoms with Crippen molar-refractivity contribution in [2.24, 2.45) is 0 Å². The fourth-order valence-electron chi connectivity index (χ4n) is 1.06. The first kappa shape index (κ1) is 8.60. The predicted molar refractivity (Wildman–Crippen MR) is 53.2 cm³/mol. The molecule has 0 aliphatic carbocycles. The second kappa shape index (κ2) is 3.26. The van der Waals surface area contributed by atoms with E-state index in [1.54, 1.807) is 0 Å². The number of halogens is 1. The Morgan fingerprint density at radius 1 is 1.18 bits per heavy atom. The molecule has 11 heavy (non-hydrogen) atoms. The molecule has 0 bridgehead atoms. The molecule has 0 saturated carbocycles. The Balaban J connectivity index is 3.25. The van der Waals surface area contributed by atoms with Crippen molar-refractivity contribution in [2.45, 2.75) is 13.8 Å². The van der Waals surface area contributed by atoms with Crippen molar-refractivity contribution in [1.82, 2.24) is 0 Å². The van der Waals surface area contributed by atoms with Crippen LogP contribution in [-0.4, -0.2) is 7.05 Å². The Morgan fingerprint density at radius 2 is 1.82 bits per heavy atom. The quantitative estimate of drug-likeness (QED) is 0.757. The van der Waals surface area contributed by atoms with Gasteiger partial charge in [0, 0.05) is 17.2 Å². The molecule has 1 rings (SSSR count). The highest BCUT2D eigenvalue weighted by molar-refractivity contribution is 9.10. The van der Waals surface area contributed by atoms with E-state index in [0.29, 0.717) is 0 Å². The molecule has 0 radical (unpaired) electrons. The van der Waals surface area contributed by atoms with Crippen LogP contribution in [0.3, 0.4) is 0 Å². The molecule has 1 nitrogen and oxygen atoms in total. The molecular formula is C9H12BrN. The second-order valence-corrected chi connectivity index (χ2v) is 3.45. The van der Waals surface area contributed by atoms with E-state index in [-0.39, 0.29) is 0 Å². The van der Waals surface area contributed by atoms with Gasteiger partial charge < -0.3 is 5.32 Å². The van der Waals surface area contributed by atoms with Crippen LogP contribution in [0.15, 0.2) is 16.6 Å². The number of rotatable bonds is 1. The molecule has 0 aliphatic heterocycles. The Morgan fingerprint density at radius 3 is 2.36 bits per heavy atom. The SMILES string of the molecule is CNc1ccc(Br)c(C)c1C. The summed E-state index contributed by atoms with van der Waals surface area (Å²) in [5.74, 6) is 0. The zero-order chi connectivity index (χ0) is 8.43. The average molecular weight is 214 g/mol. The molecular weight excluding hydrogens is 202 g/mol. The topological polar surface area (TPSA) is 12.0 Å². The van der Waals surface area contributed by atoms with Crippen LogP contribution in [0.4, 0.5) is 5.69 Å². The molecule has 1 N–H and O–H groups in total. The lowest BCUT2D eigenvalue weighted by atomic mass is 10.1. The van der Waals surface area contributed by atoms with Gasteiger partial charge in [-0.25, -0.2) is 0 Å². The molecule has 1 aromatic rings. The Kier molecular flexibility index (Phi) is 2.55. The molecule has 0 fully saturated rings. The predicted octanol–water partition coefficient (Wildman–Crippen LogP) is 3.11. The third-order valence-corrected chi connectivity index (χ3v) is 2.85. The summed E-state index contributed by atoms with van der Waals surface area (Å²) in [6.45, 7) is 4.23. The fourth-order valence-corrected chi connectivity index (χ4v) is 1.49. The summed E-state index contributed by atoms with van der Waals surface area (Å²) >= 11 is 3.48. The van der Waals surface area contributed by atoms with E-state index in [9.17, 15) is 0 Å². The van der Waals surface area contributed by atoms with Gasteiger partial charge in [0.05, 0.1) is 0 Å². The Bertz CT molecular complexity index is 269. The van der Waals surface area contributed by atoms with Crippen LogP contribution >= 0.6 is 15.9 Å². The van der Waals surface area contributed by atoms with Crippen LogP contribution in [0, 0.1) is 13.8 Å². The number of hydrogen-bond donors (Lipinski definition) is 1. The Hall–Kier alpha value is -0.500. The molecule has 2 heteroatoms. The van der Waals surface area contributed by atoms with Gasteiger partial charge >= 0.3 is 0 Å². The van der Waals surface area contributed by atoms with Crippen molar-refractivity contribution in [3.63, 3.8) is 0 Å². The van der Waals surface area contributed by atoms with E-state index in [4.69, 9.17) is 0 Å². The van der Waals surface area contributed by atoms with Gasteiger partial charge in [0.15, 0.2) is 0 Å². The van der Waals surface area contributed by atoms with E-state index < -0.39 is 0 Å². The molecule has 0 aromatic heterocycles. The summed E-state index contributed by atoms with van der Waals surface area (Å²) in [7, 11) is 1.94. The molecule has 1 aromatic carbocycles. The van der Waals surface area contributed by atoms with Crippen LogP contribution in [-0.2, 0) is 0 Å². The lowest BCUT2D eigenvalue weighted by Gasteiger charge is -2.08. The first-order valence-corrected chi connectivity index (χ1v) is 4.39. The summed E-state index contributed by atoms with van der Waals surface area (Å²) < 4.78 is 1.18. The van der Waals surface area contributed by atoms with Crippen molar-refractivity contribution >= 4 is 21.6 Å². The largest absolute Gasteiger partial charge is 0.388 e. The number of hydrogen-bond acceptors (Lipinski definition) is 1. The Labute approximate surface area is 75.9 Å². The van der Waals surface area contributed by atoms with E-state index in [1.807, 2.05) is 7.05 Å². The van der Waals surface area contributed by atoms with E-state index in [1.165, 1.54) is 21.3 Å². The van der Waals surface area contributed by atoms with Crippen LogP contribution in [0.2, 0.25) is 0 Å². The first-order chi connectivity index (χ1) is 5.16. The van der Waals surface area contributed by atoms with Crippen molar-refractivity contribution in [1.29, 1.82) is 0 Å². The summed E-state index contributed by atoms with van der Waals surface area (Å²) in [5.41, 5.74) is 3.81. The fraction of sp³-hybridized carbons (Fsp3) is 0.333. The maximum Gasteiger partial charge on any atom is 0.0370 e. The van der Waals surface area contributed by atoms with Gasteiger partial charge in [-0.15, -0.1) is 0 Å². The zero-order valence-corrected chi connectivity index (χ0v) is 8.62. The van der Waals surface area contributed by atoms with Gasteiger partial charge in [-0.1, -0.05) is 15.9 Å².